The molecular weight excluding hydrogens is 360 g/mol. The Hall–Kier alpha value is -2.30. The highest BCUT2D eigenvalue weighted by molar-refractivity contribution is 5.85. The van der Waals surface area contributed by atoms with Gasteiger partial charge in [0.05, 0.1) is 7.11 Å². The number of fused-ring (bicyclic) bond motifs is 1. The van der Waals surface area contributed by atoms with Crippen molar-refractivity contribution in [2.24, 2.45) is 0 Å². The van der Waals surface area contributed by atoms with E-state index in [1.54, 1.807) is 7.11 Å². The lowest BCUT2D eigenvalue weighted by molar-refractivity contribution is 0.280. The van der Waals surface area contributed by atoms with Crippen molar-refractivity contribution in [3.8, 4) is 5.75 Å². The van der Waals surface area contributed by atoms with E-state index in [9.17, 15) is 5.11 Å². The fraction of sp³-hybridized carbons (Fsp3) is 0.440. The molecule has 0 atom stereocenters. The fourth-order valence-corrected chi connectivity index (χ4v) is 4.96. The molecule has 3 aromatic rings. The van der Waals surface area contributed by atoms with Crippen LogP contribution < -0.4 is 10.1 Å². The third-order valence-electron chi connectivity index (χ3n) is 6.60. The van der Waals surface area contributed by atoms with Crippen LogP contribution in [0, 0.1) is 6.92 Å². The van der Waals surface area contributed by atoms with Gasteiger partial charge in [0, 0.05) is 41.8 Å². The number of benzene rings is 2. The number of aryl methyl sites for hydroxylation is 1. The Bertz CT molecular complexity index is 953. The van der Waals surface area contributed by atoms with E-state index in [-0.39, 0.29) is 12.1 Å². The predicted molar refractivity (Wildman–Crippen MR) is 118 cm³/mol. The quantitative estimate of drug-likeness (QED) is 0.573. The normalized spacial score (nSPS) is 15.8. The number of nitrogens with zero attached hydrogens (tertiary/aromatic N) is 1. The van der Waals surface area contributed by atoms with Crippen LogP contribution in [0.25, 0.3) is 10.9 Å². The minimum absolute atomic E-state index is 0.0347. The highest BCUT2D eigenvalue weighted by Crippen LogP contribution is 2.40. The van der Waals surface area contributed by atoms with Gasteiger partial charge in [-0.1, -0.05) is 43.2 Å². The molecule has 2 aromatic carbocycles. The molecule has 2 N–H and O–H groups in total. The Kier molecular flexibility index (Phi) is 5.93. The van der Waals surface area contributed by atoms with Crippen molar-refractivity contribution >= 4 is 10.9 Å². The van der Waals surface area contributed by atoms with Gasteiger partial charge in [0.25, 0.3) is 0 Å². The van der Waals surface area contributed by atoms with Crippen molar-refractivity contribution in [1.29, 1.82) is 0 Å². The van der Waals surface area contributed by atoms with E-state index in [1.165, 1.54) is 53.4 Å². The molecule has 29 heavy (non-hydrogen) atoms. The lowest BCUT2D eigenvalue weighted by Crippen LogP contribution is -2.39. The molecule has 1 heterocycles. The second-order valence-corrected chi connectivity index (χ2v) is 8.18. The summed E-state index contributed by atoms with van der Waals surface area (Å²) >= 11 is 0. The van der Waals surface area contributed by atoms with E-state index >= 15 is 0 Å². The zero-order valence-electron chi connectivity index (χ0n) is 17.6. The van der Waals surface area contributed by atoms with E-state index in [0.717, 1.165) is 25.3 Å². The molecule has 154 valence electrons. The number of hydrogen-bond acceptors (Lipinski definition) is 3. The number of nitrogens with one attached hydrogen (secondary N) is 1. The van der Waals surface area contributed by atoms with Crippen molar-refractivity contribution in [2.45, 2.75) is 57.7 Å². The first-order valence-electron chi connectivity index (χ1n) is 10.8. The molecule has 0 spiro atoms. The molecule has 0 aliphatic heterocycles. The van der Waals surface area contributed by atoms with E-state index in [0.29, 0.717) is 0 Å². The van der Waals surface area contributed by atoms with Gasteiger partial charge in [-0.25, -0.2) is 0 Å². The van der Waals surface area contributed by atoms with Gasteiger partial charge in [-0.15, -0.1) is 0 Å². The number of aliphatic hydroxyl groups is 1. The third-order valence-corrected chi connectivity index (χ3v) is 6.60. The maximum atomic E-state index is 9.31. The fourth-order valence-electron chi connectivity index (χ4n) is 4.96. The van der Waals surface area contributed by atoms with Crippen LogP contribution in [0.5, 0.6) is 5.75 Å². The molecule has 4 rings (SSSR count). The largest absolute Gasteiger partial charge is 0.497 e. The van der Waals surface area contributed by atoms with Gasteiger partial charge in [0.2, 0.25) is 0 Å². The molecule has 0 amide bonds. The summed E-state index contributed by atoms with van der Waals surface area (Å²) in [4.78, 5) is 0. The number of para-hydroxylation sites is 1. The summed E-state index contributed by atoms with van der Waals surface area (Å²) < 4.78 is 7.71. The molecule has 1 aliphatic rings. The highest BCUT2D eigenvalue weighted by atomic mass is 16.5. The Morgan fingerprint density at radius 1 is 1.07 bits per heavy atom. The van der Waals surface area contributed by atoms with E-state index in [2.05, 4.69) is 65.3 Å². The minimum atomic E-state index is 0.0347. The highest BCUT2D eigenvalue weighted by Gasteiger charge is 2.35. The standard InChI is InChI=1S/C25H32N2O2/c1-19-23(22-8-3-4-9-24(22)27(19)16-7-17-28)18-26-25(14-5-6-15-25)20-10-12-21(29-2)13-11-20/h3-4,8-13,26,28H,5-7,14-18H2,1-2H3. The summed E-state index contributed by atoms with van der Waals surface area (Å²) in [7, 11) is 1.72. The average molecular weight is 393 g/mol. The number of hydrogen-bond donors (Lipinski definition) is 2. The SMILES string of the molecule is COc1ccc(C2(NCc3c(C)n(CCCO)c4ccccc34)CCCC2)cc1. The van der Waals surface area contributed by atoms with Crippen molar-refractivity contribution in [3.05, 3.63) is 65.4 Å². The molecule has 4 nitrogen and oxygen atoms in total. The van der Waals surface area contributed by atoms with Crippen LogP contribution in [0.4, 0.5) is 0 Å². The Morgan fingerprint density at radius 2 is 1.79 bits per heavy atom. The van der Waals surface area contributed by atoms with Gasteiger partial charge in [0.15, 0.2) is 0 Å². The molecule has 1 aromatic heterocycles. The first kappa shape index (κ1) is 20.0. The number of aliphatic hydroxyl groups excluding tert-OH is 1. The number of rotatable bonds is 8. The second kappa shape index (κ2) is 8.60. The lowest BCUT2D eigenvalue weighted by atomic mass is 9.87. The third kappa shape index (κ3) is 3.79. The van der Waals surface area contributed by atoms with Gasteiger partial charge < -0.3 is 19.7 Å². The number of aromatic nitrogens is 1. The summed E-state index contributed by atoms with van der Waals surface area (Å²) in [5.74, 6) is 0.907. The maximum Gasteiger partial charge on any atom is 0.118 e. The van der Waals surface area contributed by atoms with E-state index in [1.807, 2.05) is 0 Å². The van der Waals surface area contributed by atoms with Gasteiger partial charge in [-0.2, -0.15) is 0 Å². The zero-order chi connectivity index (χ0) is 20.3. The minimum Gasteiger partial charge on any atom is -0.497 e. The predicted octanol–water partition coefficient (Wildman–Crippen LogP) is 4.90. The van der Waals surface area contributed by atoms with E-state index in [4.69, 9.17) is 4.74 Å². The van der Waals surface area contributed by atoms with Crippen molar-refractivity contribution in [3.63, 3.8) is 0 Å². The first-order chi connectivity index (χ1) is 14.2. The molecule has 0 radical (unpaired) electrons. The number of ether oxygens (including phenoxy) is 1. The topological polar surface area (TPSA) is 46.4 Å². The molecule has 0 unspecified atom stereocenters. The second-order valence-electron chi connectivity index (χ2n) is 8.18. The average Bonchev–Trinajstić information content (AvgIpc) is 3.34. The molecule has 0 saturated heterocycles. The van der Waals surface area contributed by atoms with Crippen LogP contribution in [-0.2, 0) is 18.6 Å². The molecule has 1 fully saturated rings. The first-order valence-corrected chi connectivity index (χ1v) is 10.8. The molecule has 0 bridgehead atoms. The van der Waals surface area contributed by atoms with Crippen molar-refractivity contribution in [1.82, 2.24) is 9.88 Å². The van der Waals surface area contributed by atoms with Crippen LogP contribution in [0.3, 0.4) is 0 Å². The zero-order valence-corrected chi connectivity index (χ0v) is 17.6. The molecular formula is C25H32N2O2. The van der Waals surface area contributed by atoms with Gasteiger partial charge in [-0.05, 0) is 55.5 Å². The lowest BCUT2D eigenvalue weighted by Gasteiger charge is -2.31. The summed E-state index contributed by atoms with van der Waals surface area (Å²) in [5.41, 5.74) is 5.33. The Morgan fingerprint density at radius 3 is 2.48 bits per heavy atom. The van der Waals surface area contributed by atoms with Crippen molar-refractivity contribution < 1.29 is 9.84 Å². The maximum absolute atomic E-state index is 9.31. The Balaban J connectivity index is 1.64. The Labute approximate surface area is 173 Å². The van der Waals surface area contributed by atoms with Crippen LogP contribution in [0.15, 0.2) is 48.5 Å². The van der Waals surface area contributed by atoms with Gasteiger partial charge in [0.1, 0.15) is 5.75 Å². The summed E-state index contributed by atoms with van der Waals surface area (Å²) in [6, 6.07) is 17.2. The van der Waals surface area contributed by atoms with Crippen LogP contribution in [0.2, 0.25) is 0 Å². The van der Waals surface area contributed by atoms with Crippen LogP contribution >= 0.6 is 0 Å². The van der Waals surface area contributed by atoms with Crippen LogP contribution in [-0.4, -0.2) is 23.4 Å². The molecule has 1 saturated carbocycles. The molecule has 4 heteroatoms. The van der Waals surface area contributed by atoms with E-state index < -0.39 is 0 Å². The summed E-state index contributed by atoms with van der Waals surface area (Å²) in [5, 5.41) is 14.6. The van der Waals surface area contributed by atoms with Gasteiger partial charge in [-0.3, -0.25) is 0 Å². The summed E-state index contributed by atoms with van der Waals surface area (Å²) in [6.45, 7) is 4.14. The van der Waals surface area contributed by atoms with Gasteiger partial charge >= 0.3 is 0 Å². The van der Waals surface area contributed by atoms with Crippen molar-refractivity contribution in [2.75, 3.05) is 13.7 Å². The smallest absolute Gasteiger partial charge is 0.118 e. The van der Waals surface area contributed by atoms with Crippen LogP contribution in [0.1, 0.15) is 48.9 Å². The monoisotopic (exact) mass is 392 g/mol. The summed E-state index contributed by atoms with van der Waals surface area (Å²) in [6.07, 6.45) is 5.64. The number of methoxy groups -OCH3 is 1. The molecule has 1 aliphatic carbocycles.